The van der Waals surface area contributed by atoms with Crippen molar-refractivity contribution >= 4 is 11.6 Å². The zero-order chi connectivity index (χ0) is 24.2. The van der Waals surface area contributed by atoms with Gasteiger partial charge in [0.1, 0.15) is 5.75 Å². The lowest BCUT2D eigenvalue weighted by Crippen LogP contribution is -2.02. The summed E-state index contributed by atoms with van der Waals surface area (Å²) in [6.45, 7) is 7.93. The maximum atomic E-state index is 9.28. The van der Waals surface area contributed by atoms with Gasteiger partial charge in [-0.25, -0.2) is 4.98 Å². The first kappa shape index (κ1) is 22.5. The fraction of sp³-hybridized carbons (Fsp3) is 0.143. The highest BCUT2D eigenvalue weighted by Crippen LogP contribution is 2.36. The second-order valence-corrected chi connectivity index (χ2v) is 8.26. The first-order valence-corrected chi connectivity index (χ1v) is 10.8. The number of aromatic nitrogens is 2. The van der Waals surface area contributed by atoms with E-state index in [-0.39, 0.29) is 0 Å². The Kier molecular flexibility index (Phi) is 6.25. The highest BCUT2D eigenvalue weighted by Gasteiger charge is 2.16. The van der Waals surface area contributed by atoms with Crippen LogP contribution in [0.3, 0.4) is 0 Å². The van der Waals surface area contributed by atoms with Crippen molar-refractivity contribution in [2.75, 3.05) is 5.32 Å². The van der Waals surface area contributed by atoms with Gasteiger partial charge in [-0.05, 0) is 80.8 Å². The summed E-state index contributed by atoms with van der Waals surface area (Å²) >= 11 is 0. The first-order chi connectivity index (χ1) is 16.4. The fourth-order valence-electron chi connectivity index (χ4n) is 3.86. The van der Waals surface area contributed by atoms with Crippen LogP contribution in [0, 0.1) is 50.4 Å². The zero-order valence-electron chi connectivity index (χ0n) is 19.5. The molecule has 4 rings (SSSR count). The van der Waals surface area contributed by atoms with Crippen LogP contribution in [0.2, 0.25) is 0 Å². The van der Waals surface area contributed by atoms with E-state index in [0.717, 1.165) is 39.1 Å². The molecule has 0 amide bonds. The third-order valence-electron chi connectivity index (χ3n) is 5.34. The van der Waals surface area contributed by atoms with E-state index in [1.807, 2.05) is 27.7 Å². The number of ether oxygens (including phenoxy) is 1. The van der Waals surface area contributed by atoms with E-state index in [1.165, 1.54) is 0 Å². The SMILES string of the molecule is Cc1cc(C)cc(-c2cnc(Nc3ccc(C#N)cc3)nc2Oc2c(C)cc(C#N)cc2C)c1. The van der Waals surface area contributed by atoms with Gasteiger partial charge in [0.25, 0.3) is 0 Å². The van der Waals surface area contributed by atoms with Crippen LogP contribution in [-0.2, 0) is 0 Å². The van der Waals surface area contributed by atoms with Gasteiger partial charge in [0.2, 0.25) is 11.8 Å². The molecule has 6 heteroatoms. The normalized spacial score (nSPS) is 10.3. The minimum Gasteiger partial charge on any atom is -0.438 e. The van der Waals surface area contributed by atoms with Crippen LogP contribution in [-0.4, -0.2) is 9.97 Å². The molecule has 0 unspecified atom stereocenters. The molecule has 1 heterocycles. The Bertz CT molecular complexity index is 1420. The van der Waals surface area contributed by atoms with Crippen molar-refractivity contribution in [2.45, 2.75) is 27.7 Å². The average molecular weight is 446 g/mol. The molecule has 166 valence electrons. The minimum absolute atomic E-state index is 0.372. The molecule has 0 aliphatic heterocycles. The van der Waals surface area contributed by atoms with E-state index in [9.17, 15) is 5.26 Å². The molecule has 1 aromatic heterocycles. The van der Waals surface area contributed by atoms with Gasteiger partial charge in [-0.2, -0.15) is 15.5 Å². The van der Waals surface area contributed by atoms with E-state index in [2.05, 4.69) is 40.6 Å². The lowest BCUT2D eigenvalue weighted by molar-refractivity contribution is 0.457. The number of benzene rings is 3. The van der Waals surface area contributed by atoms with E-state index in [0.29, 0.717) is 28.7 Å². The van der Waals surface area contributed by atoms with Crippen LogP contribution in [0.1, 0.15) is 33.4 Å². The maximum absolute atomic E-state index is 9.28. The number of rotatable bonds is 5. The first-order valence-electron chi connectivity index (χ1n) is 10.8. The molecule has 0 fully saturated rings. The molecule has 0 spiro atoms. The Labute approximate surface area is 199 Å². The summed E-state index contributed by atoms with van der Waals surface area (Å²) in [5, 5.41) is 21.5. The third kappa shape index (κ3) is 4.87. The zero-order valence-corrected chi connectivity index (χ0v) is 19.5. The molecule has 1 N–H and O–H groups in total. The Hall–Kier alpha value is -4.68. The smallest absolute Gasteiger partial charge is 0.231 e. The van der Waals surface area contributed by atoms with Crippen molar-refractivity contribution in [3.05, 3.63) is 94.2 Å². The second-order valence-electron chi connectivity index (χ2n) is 8.26. The van der Waals surface area contributed by atoms with Gasteiger partial charge < -0.3 is 10.1 Å². The summed E-state index contributed by atoms with van der Waals surface area (Å²) < 4.78 is 6.38. The van der Waals surface area contributed by atoms with Gasteiger partial charge in [0.15, 0.2) is 0 Å². The van der Waals surface area contributed by atoms with Crippen molar-refractivity contribution in [1.29, 1.82) is 10.5 Å². The lowest BCUT2D eigenvalue weighted by atomic mass is 10.0. The van der Waals surface area contributed by atoms with Crippen molar-refractivity contribution in [1.82, 2.24) is 9.97 Å². The molecular formula is C28H23N5O. The van der Waals surface area contributed by atoms with Crippen LogP contribution in [0.25, 0.3) is 11.1 Å². The molecule has 0 bridgehead atoms. The van der Waals surface area contributed by atoms with Crippen molar-refractivity contribution in [3.8, 4) is 34.9 Å². The van der Waals surface area contributed by atoms with Gasteiger partial charge in [0, 0.05) is 11.9 Å². The van der Waals surface area contributed by atoms with Gasteiger partial charge in [-0.1, -0.05) is 29.3 Å². The monoisotopic (exact) mass is 445 g/mol. The standard InChI is InChI=1S/C28H23N5O/c1-17-9-18(2)11-23(10-17)25-16-31-28(32-24-7-5-21(14-29)6-8-24)33-27(25)34-26-19(3)12-22(15-30)13-20(26)4/h5-13,16H,1-4H3,(H,31,32,33). The van der Waals surface area contributed by atoms with Crippen molar-refractivity contribution in [2.24, 2.45) is 0 Å². The van der Waals surface area contributed by atoms with E-state index in [1.54, 1.807) is 42.6 Å². The Morgan fingerprint density at radius 1 is 0.794 bits per heavy atom. The molecule has 6 nitrogen and oxygen atoms in total. The van der Waals surface area contributed by atoms with Crippen molar-refractivity contribution < 1.29 is 4.74 Å². The Morgan fingerprint density at radius 2 is 1.41 bits per heavy atom. The number of nitrogens with zero attached hydrogens (tertiary/aromatic N) is 4. The summed E-state index contributed by atoms with van der Waals surface area (Å²) in [6, 6.07) is 21.2. The van der Waals surface area contributed by atoms with Crippen molar-refractivity contribution in [3.63, 3.8) is 0 Å². The highest BCUT2D eigenvalue weighted by molar-refractivity contribution is 5.71. The molecular weight excluding hydrogens is 422 g/mol. The largest absolute Gasteiger partial charge is 0.438 e. The fourth-order valence-corrected chi connectivity index (χ4v) is 3.86. The van der Waals surface area contributed by atoms with Gasteiger partial charge in [-0.3, -0.25) is 0 Å². The summed E-state index contributed by atoms with van der Waals surface area (Å²) in [5.74, 6) is 1.44. The number of aryl methyl sites for hydroxylation is 4. The predicted octanol–water partition coefficient (Wildman–Crippen LogP) is 6.66. The molecule has 4 aromatic rings. The number of nitrogens with one attached hydrogen (secondary N) is 1. The van der Waals surface area contributed by atoms with Crippen LogP contribution in [0.5, 0.6) is 11.6 Å². The number of hydrogen-bond donors (Lipinski definition) is 1. The molecule has 34 heavy (non-hydrogen) atoms. The van der Waals surface area contributed by atoms with E-state index < -0.39 is 0 Å². The number of nitriles is 2. The van der Waals surface area contributed by atoms with Crippen LogP contribution < -0.4 is 10.1 Å². The highest BCUT2D eigenvalue weighted by atomic mass is 16.5. The summed E-state index contributed by atoms with van der Waals surface area (Å²) in [5.41, 5.74) is 7.61. The summed E-state index contributed by atoms with van der Waals surface area (Å²) in [6.07, 6.45) is 1.75. The van der Waals surface area contributed by atoms with Gasteiger partial charge in [-0.15, -0.1) is 0 Å². The molecule has 3 aromatic carbocycles. The van der Waals surface area contributed by atoms with E-state index in [4.69, 9.17) is 15.0 Å². The molecule has 0 aliphatic rings. The molecule has 0 radical (unpaired) electrons. The number of hydrogen-bond acceptors (Lipinski definition) is 6. The Morgan fingerprint density at radius 3 is 2.00 bits per heavy atom. The van der Waals surface area contributed by atoms with Crippen LogP contribution in [0.15, 0.2) is 60.8 Å². The predicted molar refractivity (Wildman–Crippen MR) is 132 cm³/mol. The van der Waals surface area contributed by atoms with Gasteiger partial charge in [0.05, 0.1) is 28.8 Å². The van der Waals surface area contributed by atoms with E-state index >= 15 is 0 Å². The average Bonchev–Trinajstić information content (AvgIpc) is 2.81. The minimum atomic E-state index is 0.372. The van der Waals surface area contributed by atoms with Gasteiger partial charge >= 0.3 is 0 Å². The lowest BCUT2D eigenvalue weighted by Gasteiger charge is -2.16. The summed E-state index contributed by atoms with van der Waals surface area (Å²) in [7, 11) is 0. The molecule has 0 saturated heterocycles. The summed E-state index contributed by atoms with van der Waals surface area (Å²) in [4.78, 5) is 9.21. The second kappa shape index (κ2) is 9.44. The van der Waals surface area contributed by atoms with Crippen LogP contribution in [0.4, 0.5) is 11.6 Å². The topological polar surface area (TPSA) is 94.6 Å². The number of anilines is 2. The molecule has 0 saturated carbocycles. The molecule has 0 atom stereocenters. The maximum Gasteiger partial charge on any atom is 0.231 e. The Balaban J connectivity index is 1.79. The van der Waals surface area contributed by atoms with Crippen LogP contribution >= 0.6 is 0 Å². The third-order valence-corrected chi connectivity index (χ3v) is 5.34. The quantitative estimate of drug-likeness (QED) is 0.369. The molecule has 0 aliphatic carbocycles.